The van der Waals surface area contributed by atoms with E-state index >= 15 is 0 Å². The average molecular weight is 463 g/mol. The monoisotopic (exact) mass is 462 g/mol. The topological polar surface area (TPSA) is 35.6 Å². The molecule has 0 bridgehead atoms. The lowest BCUT2D eigenvalue weighted by Crippen LogP contribution is -2.04. The van der Waals surface area contributed by atoms with Gasteiger partial charge >= 0.3 is 0 Å². The molecule has 0 N–H and O–H groups in total. The van der Waals surface area contributed by atoms with E-state index in [1.165, 1.54) is 10.8 Å². The van der Waals surface area contributed by atoms with E-state index in [1.807, 2.05) is 24.5 Å². The summed E-state index contributed by atoms with van der Waals surface area (Å²) in [5.41, 5.74) is 6.53. The van der Waals surface area contributed by atoms with Gasteiger partial charge in [-0.05, 0) is 47.5 Å². The molecule has 3 heterocycles. The smallest absolute Gasteiger partial charge is 0.158 e. The summed E-state index contributed by atoms with van der Waals surface area (Å²) < 4.78 is 4.38. The van der Waals surface area contributed by atoms with Gasteiger partial charge < -0.3 is 0 Å². The number of hydrogen-bond acceptors (Lipinski definition) is 2. The van der Waals surface area contributed by atoms with E-state index in [2.05, 4.69) is 112 Å². The molecule has 0 saturated carbocycles. The number of aromatic nitrogens is 4. The van der Waals surface area contributed by atoms with Crippen molar-refractivity contribution in [2.24, 2.45) is 0 Å². The fourth-order valence-electron chi connectivity index (χ4n) is 5.29. The summed E-state index contributed by atoms with van der Waals surface area (Å²) in [6, 6.07) is 29.7. The van der Waals surface area contributed by atoms with Crippen LogP contribution in [0.1, 0.15) is 11.1 Å². The second kappa shape index (κ2) is 7.79. The zero-order valence-electron chi connectivity index (χ0n) is 19.6. The standard InChI is InChI=1S/C32H22N4/c1-3-21-13-15-29-25(17-21)26-18-22(4-2)14-16-30(26)36(29)32-20-33-19-31(34-32)35-27-11-7-5-9-23(27)24-10-6-8-12-28(24)35/h3-20H,1-2H2. The highest BCUT2D eigenvalue weighted by Gasteiger charge is 2.17. The minimum Gasteiger partial charge on any atom is -0.292 e. The van der Waals surface area contributed by atoms with Gasteiger partial charge in [0.25, 0.3) is 0 Å². The highest BCUT2D eigenvalue weighted by Crippen LogP contribution is 2.35. The van der Waals surface area contributed by atoms with Crippen LogP contribution in [0, 0.1) is 0 Å². The fourth-order valence-corrected chi connectivity index (χ4v) is 5.29. The highest BCUT2D eigenvalue weighted by molar-refractivity contribution is 6.11. The first kappa shape index (κ1) is 20.4. The predicted molar refractivity (Wildman–Crippen MR) is 151 cm³/mol. The summed E-state index contributed by atoms with van der Waals surface area (Å²) >= 11 is 0. The molecule has 170 valence electrons. The molecule has 36 heavy (non-hydrogen) atoms. The van der Waals surface area contributed by atoms with Crippen molar-refractivity contribution < 1.29 is 0 Å². The Balaban J connectivity index is 1.54. The molecular formula is C32H22N4. The Morgan fingerprint density at radius 2 is 0.972 bits per heavy atom. The van der Waals surface area contributed by atoms with E-state index in [0.717, 1.165) is 55.6 Å². The molecule has 7 rings (SSSR count). The summed E-state index contributed by atoms with van der Waals surface area (Å²) in [7, 11) is 0. The van der Waals surface area contributed by atoms with Crippen LogP contribution in [0.4, 0.5) is 0 Å². The van der Waals surface area contributed by atoms with Crippen molar-refractivity contribution in [3.63, 3.8) is 0 Å². The van der Waals surface area contributed by atoms with Gasteiger partial charge in [0.1, 0.15) is 0 Å². The minimum atomic E-state index is 0.770. The SMILES string of the molecule is C=Cc1ccc2c(c1)c1cc(C=C)ccc1n2-c1cncc(-n2c3ccccc3c3ccccc32)n1. The molecule has 0 aliphatic rings. The van der Waals surface area contributed by atoms with E-state index in [0.29, 0.717) is 0 Å². The van der Waals surface area contributed by atoms with Crippen molar-refractivity contribution in [2.45, 2.75) is 0 Å². The van der Waals surface area contributed by atoms with Crippen molar-refractivity contribution in [2.75, 3.05) is 0 Å². The second-order valence-corrected chi connectivity index (χ2v) is 8.90. The van der Waals surface area contributed by atoms with Crippen LogP contribution in [-0.2, 0) is 0 Å². The molecule has 0 aliphatic heterocycles. The molecule has 4 heteroatoms. The Kier molecular flexibility index (Phi) is 4.42. The fraction of sp³-hybridized carbons (Fsp3) is 0. The normalized spacial score (nSPS) is 11.6. The number of nitrogens with zero attached hydrogens (tertiary/aromatic N) is 4. The average Bonchev–Trinajstić information content (AvgIpc) is 3.45. The van der Waals surface area contributed by atoms with Gasteiger partial charge in [-0.15, -0.1) is 0 Å². The third-order valence-corrected chi connectivity index (χ3v) is 6.93. The van der Waals surface area contributed by atoms with Crippen LogP contribution in [0.15, 0.2) is 110 Å². The molecule has 0 fully saturated rings. The molecule has 4 nitrogen and oxygen atoms in total. The summed E-state index contributed by atoms with van der Waals surface area (Å²) in [5.74, 6) is 1.55. The molecule has 0 atom stereocenters. The largest absolute Gasteiger partial charge is 0.292 e. The van der Waals surface area contributed by atoms with Crippen molar-refractivity contribution in [3.8, 4) is 11.6 Å². The maximum Gasteiger partial charge on any atom is 0.158 e. The first-order chi connectivity index (χ1) is 17.8. The predicted octanol–water partition coefficient (Wildman–Crippen LogP) is 7.96. The Morgan fingerprint density at radius 3 is 1.44 bits per heavy atom. The highest BCUT2D eigenvalue weighted by atomic mass is 15.2. The molecule has 7 aromatic rings. The Labute approximate surface area is 208 Å². The van der Waals surface area contributed by atoms with Crippen LogP contribution in [0.25, 0.3) is 67.4 Å². The molecule has 0 radical (unpaired) electrons. The number of benzene rings is 4. The third kappa shape index (κ3) is 2.88. The van der Waals surface area contributed by atoms with E-state index < -0.39 is 0 Å². The van der Waals surface area contributed by atoms with E-state index in [1.54, 1.807) is 0 Å². The number of hydrogen-bond donors (Lipinski definition) is 0. The number of rotatable bonds is 4. The molecule has 0 aliphatic carbocycles. The lowest BCUT2D eigenvalue weighted by atomic mass is 10.1. The Bertz CT molecular complexity index is 1870. The maximum absolute atomic E-state index is 5.17. The molecule has 0 spiro atoms. The van der Waals surface area contributed by atoms with Crippen LogP contribution in [0.2, 0.25) is 0 Å². The van der Waals surface area contributed by atoms with Gasteiger partial charge in [0.15, 0.2) is 11.6 Å². The van der Waals surface area contributed by atoms with E-state index in [-0.39, 0.29) is 0 Å². The van der Waals surface area contributed by atoms with Crippen LogP contribution < -0.4 is 0 Å². The zero-order valence-corrected chi connectivity index (χ0v) is 19.6. The van der Waals surface area contributed by atoms with Crippen LogP contribution in [0.3, 0.4) is 0 Å². The van der Waals surface area contributed by atoms with E-state index in [4.69, 9.17) is 4.98 Å². The molecule has 0 amide bonds. The number of fused-ring (bicyclic) bond motifs is 6. The van der Waals surface area contributed by atoms with Crippen LogP contribution >= 0.6 is 0 Å². The summed E-state index contributed by atoms with van der Waals surface area (Å²) in [6.07, 6.45) is 7.42. The van der Waals surface area contributed by atoms with Crippen LogP contribution in [0.5, 0.6) is 0 Å². The van der Waals surface area contributed by atoms with Gasteiger partial charge in [0.05, 0.1) is 34.5 Å². The lowest BCUT2D eigenvalue weighted by molar-refractivity contribution is 0.979. The molecular weight excluding hydrogens is 440 g/mol. The lowest BCUT2D eigenvalue weighted by Gasteiger charge is -2.11. The Hall–Kier alpha value is -4.96. The van der Waals surface area contributed by atoms with Crippen molar-refractivity contribution in [1.29, 1.82) is 0 Å². The number of para-hydroxylation sites is 2. The van der Waals surface area contributed by atoms with Crippen molar-refractivity contribution >= 4 is 55.8 Å². The van der Waals surface area contributed by atoms with Gasteiger partial charge in [-0.3, -0.25) is 14.1 Å². The molecule has 0 saturated heterocycles. The van der Waals surface area contributed by atoms with Crippen molar-refractivity contribution in [1.82, 2.24) is 19.1 Å². The van der Waals surface area contributed by atoms with Gasteiger partial charge in [-0.25, -0.2) is 4.98 Å². The molecule has 0 unspecified atom stereocenters. The van der Waals surface area contributed by atoms with Gasteiger partial charge in [0.2, 0.25) is 0 Å². The van der Waals surface area contributed by atoms with Gasteiger partial charge in [-0.1, -0.05) is 73.8 Å². The van der Waals surface area contributed by atoms with Crippen molar-refractivity contribution in [3.05, 3.63) is 122 Å². The maximum atomic E-state index is 5.17. The summed E-state index contributed by atoms with van der Waals surface area (Å²) in [4.78, 5) is 9.82. The summed E-state index contributed by atoms with van der Waals surface area (Å²) in [6.45, 7) is 7.92. The first-order valence-corrected chi connectivity index (χ1v) is 11.9. The quantitative estimate of drug-likeness (QED) is 0.266. The van der Waals surface area contributed by atoms with E-state index in [9.17, 15) is 0 Å². The van der Waals surface area contributed by atoms with Gasteiger partial charge in [-0.2, -0.15) is 0 Å². The third-order valence-electron chi connectivity index (χ3n) is 6.93. The van der Waals surface area contributed by atoms with Crippen LogP contribution in [-0.4, -0.2) is 19.1 Å². The van der Waals surface area contributed by atoms with Gasteiger partial charge in [0, 0.05) is 21.5 Å². The summed E-state index contributed by atoms with van der Waals surface area (Å²) in [5, 5.41) is 4.70. The molecule has 3 aromatic heterocycles. The second-order valence-electron chi connectivity index (χ2n) is 8.90. The Morgan fingerprint density at radius 1 is 0.528 bits per heavy atom. The first-order valence-electron chi connectivity index (χ1n) is 11.9. The molecule has 4 aromatic carbocycles. The zero-order chi connectivity index (χ0) is 24.2. The minimum absolute atomic E-state index is 0.770.